The number of furan rings is 1. The number of hydrogen-bond acceptors (Lipinski definition) is 8. The number of amides is 1. The summed E-state index contributed by atoms with van der Waals surface area (Å²) in [6.07, 6.45) is 2.30. The van der Waals surface area contributed by atoms with Crippen LogP contribution in [0.25, 0.3) is 17.4 Å². The summed E-state index contributed by atoms with van der Waals surface area (Å²) < 4.78 is 10.9. The highest BCUT2D eigenvalue weighted by Crippen LogP contribution is 2.37. The van der Waals surface area contributed by atoms with Crippen LogP contribution in [-0.2, 0) is 9.59 Å². The Kier molecular flexibility index (Phi) is 6.76. The first-order valence-electron chi connectivity index (χ1n) is 9.19. The molecular formula is C20H18N2O7S2. The molecule has 0 radical (unpaired) electrons. The van der Waals surface area contributed by atoms with Gasteiger partial charge in [0.05, 0.1) is 28.6 Å². The third-order valence-corrected chi connectivity index (χ3v) is 5.88. The predicted molar refractivity (Wildman–Crippen MR) is 119 cm³/mol. The molecular weight excluding hydrogens is 444 g/mol. The van der Waals surface area contributed by atoms with Crippen LogP contribution in [-0.4, -0.2) is 44.3 Å². The number of ether oxygens (including phenoxy) is 1. The number of thiocarbonyl (C=S) groups is 1. The van der Waals surface area contributed by atoms with E-state index < -0.39 is 22.8 Å². The molecule has 1 aromatic carbocycles. The van der Waals surface area contributed by atoms with Crippen LogP contribution in [0.15, 0.2) is 39.7 Å². The number of rotatable bonds is 8. The number of nitrogens with zero attached hydrogens (tertiary/aromatic N) is 2. The van der Waals surface area contributed by atoms with Gasteiger partial charge in [-0.2, -0.15) is 0 Å². The molecule has 2 aromatic rings. The van der Waals surface area contributed by atoms with Crippen LogP contribution >= 0.6 is 24.0 Å². The molecule has 0 saturated carbocycles. The Balaban J connectivity index is 1.91. The van der Waals surface area contributed by atoms with Gasteiger partial charge in [-0.05, 0) is 30.7 Å². The number of aliphatic carboxylic acids is 1. The molecule has 3 rings (SSSR count). The fourth-order valence-corrected chi connectivity index (χ4v) is 4.42. The van der Waals surface area contributed by atoms with Crippen molar-refractivity contribution in [1.82, 2.24) is 4.90 Å². The molecule has 1 aliphatic rings. The Morgan fingerprint density at radius 3 is 2.77 bits per heavy atom. The molecule has 9 nitrogen and oxygen atoms in total. The largest absolute Gasteiger partial charge is 0.497 e. The second kappa shape index (κ2) is 9.31. The van der Waals surface area contributed by atoms with Gasteiger partial charge >= 0.3 is 5.97 Å². The van der Waals surface area contributed by atoms with Gasteiger partial charge in [-0.1, -0.05) is 37.3 Å². The van der Waals surface area contributed by atoms with Crippen molar-refractivity contribution in [2.45, 2.75) is 25.8 Å². The van der Waals surface area contributed by atoms with Gasteiger partial charge in [0.1, 0.15) is 27.6 Å². The summed E-state index contributed by atoms with van der Waals surface area (Å²) >= 11 is 6.21. The zero-order chi connectivity index (χ0) is 22.7. The summed E-state index contributed by atoms with van der Waals surface area (Å²) in [5, 5.41) is 20.9. The highest BCUT2D eigenvalue weighted by atomic mass is 32.2. The molecule has 0 spiro atoms. The van der Waals surface area contributed by atoms with Crippen LogP contribution in [0.3, 0.4) is 0 Å². The molecule has 1 atom stereocenters. The Morgan fingerprint density at radius 1 is 1.42 bits per heavy atom. The number of methoxy groups -OCH3 is 1. The maximum absolute atomic E-state index is 12.8. The minimum absolute atomic E-state index is 0.162. The van der Waals surface area contributed by atoms with E-state index in [1.165, 1.54) is 25.3 Å². The molecule has 1 N–H and O–H groups in total. The van der Waals surface area contributed by atoms with Crippen molar-refractivity contribution in [2.24, 2.45) is 0 Å². The van der Waals surface area contributed by atoms with E-state index in [1.807, 2.05) is 6.92 Å². The van der Waals surface area contributed by atoms with Crippen molar-refractivity contribution >= 4 is 51.9 Å². The smallest absolute Gasteiger partial charge is 0.326 e. The van der Waals surface area contributed by atoms with E-state index in [0.717, 1.165) is 16.7 Å². The van der Waals surface area contributed by atoms with Gasteiger partial charge in [-0.15, -0.1) is 0 Å². The zero-order valence-corrected chi connectivity index (χ0v) is 18.2. The van der Waals surface area contributed by atoms with Crippen LogP contribution in [0.2, 0.25) is 0 Å². The summed E-state index contributed by atoms with van der Waals surface area (Å²) in [6, 6.07) is 6.48. The normalized spacial score (nSPS) is 16.1. The van der Waals surface area contributed by atoms with Gasteiger partial charge in [0.2, 0.25) is 0 Å². The van der Waals surface area contributed by atoms with Crippen molar-refractivity contribution < 1.29 is 28.8 Å². The molecule has 0 aliphatic carbocycles. The molecule has 1 aromatic heterocycles. The average Bonchev–Trinajstić information content (AvgIpc) is 3.30. The highest BCUT2D eigenvalue weighted by molar-refractivity contribution is 8.26. The van der Waals surface area contributed by atoms with E-state index in [4.69, 9.17) is 21.4 Å². The number of carbonyl (C=O) groups excluding carboxylic acids is 1. The van der Waals surface area contributed by atoms with E-state index in [1.54, 1.807) is 18.2 Å². The van der Waals surface area contributed by atoms with Crippen LogP contribution in [0.1, 0.15) is 25.5 Å². The SMILES string of the molecule is CCC[C@H](C(=O)O)N1C(=O)/C(=C\c2ccc(-c3ccc(OC)cc3[N+](=O)[O-])o2)SC1=S. The molecule has 162 valence electrons. The molecule has 1 aliphatic heterocycles. The van der Waals surface area contributed by atoms with Gasteiger partial charge in [-0.3, -0.25) is 19.8 Å². The van der Waals surface area contributed by atoms with Gasteiger partial charge in [0, 0.05) is 6.08 Å². The van der Waals surface area contributed by atoms with Crippen molar-refractivity contribution in [1.29, 1.82) is 0 Å². The van der Waals surface area contributed by atoms with E-state index in [2.05, 4.69) is 0 Å². The monoisotopic (exact) mass is 462 g/mol. The molecule has 2 heterocycles. The van der Waals surface area contributed by atoms with Gasteiger partial charge in [0.15, 0.2) is 0 Å². The number of carboxylic acid groups (broad SMARTS) is 1. The Morgan fingerprint density at radius 2 is 2.16 bits per heavy atom. The maximum Gasteiger partial charge on any atom is 0.326 e. The second-order valence-electron chi connectivity index (χ2n) is 6.54. The molecule has 0 bridgehead atoms. The van der Waals surface area contributed by atoms with Crippen LogP contribution in [0.5, 0.6) is 5.75 Å². The van der Waals surface area contributed by atoms with E-state index >= 15 is 0 Å². The topological polar surface area (TPSA) is 123 Å². The third kappa shape index (κ3) is 4.62. The average molecular weight is 463 g/mol. The Hall–Kier alpha value is -3.18. The quantitative estimate of drug-likeness (QED) is 0.264. The summed E-state index contributed by atoms with van der Waals surface area (Å²) in [6.45, 7) is 1.83. The summed E-state index contributed by atoms with van der Waals surface area (Å²) in [4.78, 5) is 36.5. The number of benzene rings is 1. The number of nitro benzene ring substituents is 1. The molecule has 1 fully saturated rings. The second-order valence-corrected chi connectivity index (χ2v) is 8.21. The number of hydrogen-bond donors (Lipinski definition) is 1. The van der Waals surface area contributed by atoms with Crippen molar-refractivity contribution in [3.8, 4) is 17.1 Å². The number of carboxylic acids is 1. The zero-order valence-electron chi connectivity index (χ0n) is 16.6. The standard InChI is InChI=1S/C20H18N2O7S2/c1-3-4-14(19(24)25)21-18(23)17(31-20(21)30)10-12-6-8-16(29-12)13-7-5-11(28-2)9-15(13)22(26)27/h5-10,14H,3-4H2,1-2H3,(H,24,25)/b17-10+/t14-/m1/s1. The fourth-order valence-electron chi connectivity index (χ4n) is 3.09. The first kappa shape index (κ1) is 22.5. The number of carbonyl (C=O) groups is 2. The van der Waals surface area contributed by atoms with Crippen LogP contribution in [0.4, 0.5) is 5.69 Å². The molecule has 1 amide bonds. The van der Waals surface area contributed by atoms with Crippen molar-refractivity contribution in [3.05, 3.63) is 51.1 Å². The lowest BCUT2D eigenvalue weighted by Gasteiger charge is -2.22. The summed E-state index contributed by atoms with van der Waals surface area (Å²) in [5.74, 6) is -0.768. The number of thioether (sulfide) groups is 1. The lowest BCUT2D eigenvalue weighted by molar-refractivity contribution is -0.384. The van der Waals surface area contributed by atoms with Crippen molar-refractivity contribution in [2.75, 3.05) is 7.11 Å². The van der Waals surface area contributed by atoms with E-state index in [-0.39, 0.29) is 38.4 Å². The van der Waals surface area contributed by atoms with Crippen molar-refractivity contribution in [3.63, 3.8) is 0 Å². The number of nitro groups is 1. The molecule has 0 unspecified atom stereocenters. The molecule has 11 heteroatoms. The van der Waals surface area contributed by atoms with Gasteiger partial charge < -0.3 is 14.3 Å². The fraction of sp³-hybridized carbons (Fsp3) is 0.250. The van der Waals surface area contributed by atoms with Gasteiger partial charge in [-0.25, -0.2) is 4.79 Å². The minimum Gasteiger partial charge on any atom is -0.497 e. The maximum atomic E-state index is 12.8. The predicted octanol–water partition coefficient (Wildman–Crippen LogP) is 4.32. The van der Waals surface area contributed by atoms with E-state index in [9.17, 15) is 24.8 Å². The highest BCUT2D eigenvalue weighted by Gasteiger charge is 2.40. The minimum atomic E-state index is -1.12. The van der Waals surface area contributed by atoms with Crippen LogP contribution < -0.4 is 4.74 Å². The molecule has 1 saturated heterocycles. The Labute approximate surface area is 186 Å². The summed E-state index contributed by atoms with van der Waals surface area (Å²) in [5.41, 5.74) is 0.0716. The van der Waals surface area contributed by atoms with Crippen LogP contribution in [0, 0.1) is 10.1 Å². The van der Waals surface area contributed by atoms with E-state index in [0.29, 0.717) is 12.2 Å². The third-order valence-electron chi connectivity index (χ3n) is 4.55. The molecule has 31 heavy (non-hydrogen) atoms. The van der Waals surface area contributed by atoms with Gasteiger partial charge in [0.25, 0.3) is 11.6 Å². The lowest BCUT2D eigenvalue weighted by Crippen LogP contribution is -2.43. The summed E-state index contributed by atoms with van der Waals surface area (Å²) in [7, 11) is 1.41. The lowest BCUT2D eigenvalue weighted by atomic mass is 10.1. The Bertz CT molecular complexity index is 1090. The first-order chi connectivity index (χ1) is 14.8. The first-order valence-corrected chi connectivity index (χ1v) is 10.4.